The summed E-state index contributed by atoms with van der Waals surface area (Å²) in [5, 5.41) is 0. The predicted molar refractivity (Wildman–Crippen MR) is 94.2 cm³/mol. The Labute approximate surface area is 142 Å². The molecular weight excluding hydrogens is 298 g/mol. The van der Waals surface area contributed by atoms with Crippen LogP contribution in [0.15, 0.2) is 67.1 Å². The lowest BCUT2D eigenvalue weighted by Gasteiger charge is -2.22. The van der Waals surface area contributed by atoms with Gasteiger partial charge in [-0.3, -0.25) is 9.88 Å². The third kappa shape index (κ3) is 3.05. The first-order valence-corrected chi connectivity index (χ1v) is 8.33. The molecule has 3 heterocycles. The fraction of sp³-hybridized carbons (Fsp3) is 0.250. The Bertz CT molecular complexity index is 813. The van der Waals surface area contributed by atoms with Gasteiger partial charge in [-0.05, 0) is 37.3 Å². The summed E-state index contributed by atoms with van der Waals surface area (Å²) in [5.41, 5.74) is 3.60. The molecule has 4 nitrogen and oxygen atoms in total. The van der Waals surface area contributed by atoms with Crippen LogP contribution in [0.3, 0.4) is 0 Å². The number of rotatable bonds is 3. The Morgan fingerprint density at radius 1 is 1.12 bits per heavy atom. The Morgan fingerprint density at radius 2 is 2.04 bits per heavy atom. The number of nitrogens with zero attached hydrogens (tertiary/aromatic N) is 3. The van der Waals surface area contributed by atoms with Crippen LogP contribution in [-0.4, -0.2) is 27.1 Å². The van der Waals surface area contributed by atoms with Crippen molar-refractivity contribution in [2.45, 2.75) is 26.1 Å². The second kappa shape index (κ2) is 6.49. The highest BCUT2D eigenvalue weighted by atomic mass is 16.5. The lowest BCUT2D eigenvalue weighted by molar-refractivity contribution is 0.155. The monoisotopic (exact) mass is 319 g/mol. The molecule has 1 unspecified atom stereocenters. The van der Waals surface area contributed by atoms with Crippen molar-refractivity contribution < 1.29 is 4.74 Å². The molecule has 1 atom stereocenters. The second-order valence-electron chi connectivity index (χ2n) is 6.29. The first kappa shape index (κ1) is 15.0. The zero-order valence-electron chi connectivity index (χ0n) is 13.8. The van der Waals surface area contributed by atoms with Crippen LogP contribution in [0.25, 0.3) is 5.69 Å². The third-order valence-corrected chi connectivity index (χ3v) is 4.35. The minimum absolute atomic E-state index is 0.176. The van der Waals surface area contributed by atoms with Crippen LogP contribution in [0.4, 0.5) is 0 Å². The molecule has 0 fully saturated rings. The highest BCUT2D eigenvalue weighted by Crippen LogP contribution is 2.26. The molecule has 0 N–H and O–H groups in total. The maximum atomic E-state index is 6.06. The van der Waals surface area contributed by atoms with Crippen LogP contribution in [0.1, 0.15) is 18.2 Å². The van der Waals surface area contributed by atoms with E-state index in [2.05, 4.69) is 64.0 Å². The van der Waals surface area contributed by atoms with Crippen LogP contribution in [0, 0.1) is 0 Å². The average molecular weight is 319 g/mol. The largest absolute Gasteiger partial charge is 0.489 e. The normalized spacial score (nSPS) is 17.8. The standard InChI is InChI=1S/C20H21N3O/c1-16-13-22(14-17-6-2-3-9-20(17)24-16)15-19-8-5-11-23(19)18-7-4-10-21-12-18/h2-12,16H,13-15H2,1H3. The molecule has 4 rings (SSSR count). The van der Waals surface area contributed by atoms with Gasteiger partial charge in [0.25, 0.3) is 0 Å². The van der Waals surface area contributed by atoms with E-state index in [1.165, 1.54) is 11.3 Å². The summed E-state index contributed by atoms with van der Waals surface area (Å²) < 4.78 is 8.27. The molecule has 1 aliphatic heterocycles. The number of hydrogen-bond acceptors (Lipinski definition) is 3. The van der Waals surface area contributed by atoms with E-state index in [-0.39, 0.29) is 6.10 Å². The number of aromatic nitrogens is 2. The van der Waals surface area contributed by atoms with Crippen molar-refractivity contribution >= 4 is 0 Å². The Kier molecular flexibility index (Phi) is 4.05. The Balaban J connectivity index is 1.59. The summed E-state index contributed by atoms with van der Waals surface area (Å²) in [4.78, 5) is 6.67. The van der Waals surface area contributed by atoms with Crippen LogP contribution < -0.4 is 4.74 Å². The summed E-state index contributed by atoms with van der Waals surface area (Å²) in [5.74, 6) is 1.01. The van der Waals surface area contributed by atoms with Gasteiger partial charge in [-0.15, -0.1) is 0 Å². The third-order valence-electron chi connectivity index (χ3n) is 4.35. The van der Waals surface area contributed by atoms with Gasteiger partial charge in [-0.2, -0.15) is 0 Å². The molecule has 122 valence electrons. The summed E-state index contributed by atoms with van der Waals surface area (Å²) in [6, 6.07) is 16.7. The second-order valence-corrected chi connectivity index (χ2v) is 6.29. The van der Waals surface area contributed by atoms with Gasteiger partial charge >= 0.3 is 0 Å². The van der Waals surface area contributed by atoms with E-state index in [1.807, 2.05) is 18.3 Å². The van der Waals surface area contributed by atoms with E-state index >= 15 is 0 Å². The lowest BCUT2D eigenvalue weighted by Crippen LogP contribution is -2.31. The summed E-state index contributed by atoms with van der Waals surface area (Å²) in [6.07, 6.45) is 5.97. The number of benzene rings is 1. The quantitative estimate of drug-likeness (QED) is 0.738. The smallest absolute Gasteiger partial charge is 0.124 e. The molecular formula is C20H21N3O. The topological polar surface area (TPSA) is 30.3 Å². The van der Waals surface area contributed by atoms with Gasteiger partial charge < -0.3 is 9.30 Å². The van der Waals surface area contributed by atoms with E-state index in [9.17, 15) is 0 Å². The number of hydrogen-bond donors (Lipinski definition) is 0. The maximum absolute atomic E-state index is 6.06. The minimum Gasteiger partial charge on any atom is -0.489 e. The van der Waals surface area contributed by atoms with E-state index in [1.54, 1.807) is 6.20 Å². The van der Waals surface area contributed by atoms with E-state index in [0.29, 0.717) is 0 Å². The SMILES string of the molecule is CC1CN(Cc2cccn2-c2cccnc2)Cc2ccccc2O1. The van der Waals surface area contributed by atoms with Gasteiger partial charge in [0, 0.05) is 43.3 Å². The van der Waals surface area contributed by atoms with Crippen molar-refractivity contribution in [3.05, 3.63) is 78.4 Å². The Morgan fingerprint density at radius 3 is 2.92 bits per heavy atom. The molecule has 0 radical (unpaired) electrons. The number of fused-ring (bicyclic) bond motifs is 1. The average Bonchev–Trinajstić information content (AvgIpc) is 2.98. The highest BCUT2D eigenvalue weighted by molar-refractivity contribution is 5.35. The van der Waals surface area contributed by atoms with E-state index < -0.39 is 0 Å². The van der Waals surface area contributed by atoms with E-state index in [4.69, 9.17) is 4.74 Å². The molecule has 0 aliphatic carbocycles. The molecule has 1 aliphatic rings. The van der Waals surface area contributed by atoms with Crippen molar-refractivity contribution in [3.8, 4) is 11.4 Å². The molecule has 0 amide bonds. The molecule has 3 aromatic rings. The zero-order chi connectivity index (χ0) is 16.4. The molecule has 0 saturated carbocycles. The minimum atomic E-state index is 0.176. The number of pyridine rings is 1. The molecule has 2 aromatic heterocycles. The van der Waals surface area contributed by atoms with Crippen molar-refractivity contribution in [3.63, 3.8) is 0 Å². The Hall–Kier alpha value is -2.59. The summed E-state index contributed by atoms with van der Waals surface area (Å²) >= 11 is 0. The van der Waals surface area contributed by atoms with Crippen molar-refractivity contribution in [1.82, 2.24) is 14.5 Å². The first-order chi connectivity index (χ1) is 11.8. The zero-order valence-corrected chi connectivity index (χ0v) is 13.8. The molecule has 24 heavy (non-hydrogen) atoms. The molecule has 4 heteroatoms. The maximum Gasteiger partial charge on any atom is 0.124 e. The lowest BCUT2D eigenvalue weighted by atomic mass is 10.2. The van der Waals surface area contributed by atoms with Gasteiger partial charge in [0.05, 0.1) is 11.9 Å². The first-order valence-electron chi connectivity index (χ1n) is 8.33. The van der Waals surface area contributed by atoms with Crippen LogP contribution >= 0.6 is 0 Å². The molecule has 0 spiro atoms. The van der Waals surface area contributed by atoms with Crippen molar-refractivity contribution in [2.24, 2.45) is 0 Å². The number of ether oxygens (including phenoxy) is 1. The van der Waals surface area contributed by atoms with Crippen molar-refractivity contribution in [2.75, 3.05) is 6.54 Å². The fourth-order valence-corrected chi connectivity index (χ4v) is 3.32. The van der Waals surface area contributed by atoms with Crippen molar-refractivity contribution in [1.29, 1.82) is 0 Å². The molecule has 0 saturated heterocycles. The van der Waals surface area contributed by atoms with Gasteiger partial charge in [-0.25, -0.2) is 0 Å². The van der Waals surface area contributed by atoms with Gasteiger partial charge in [0.1, 0.15) is 11.9 Å². The van der Waals surface area contributed by atoms with Gasteiger partial charge in [-0.1, -0.05) is 18.2 Å². The van der Waals surface area contributed by atoms with Crippen LogP contribution in [-0.2, 0) is 13.1 Å². The highest BCUT2D eigenvalue weighted by Gasteiger charge is 2.20. The van der Waals surface area contributed by atoms with Crippen LogP contribution in [0.5, 0.6) is 5.75 Å². The van der Waals surface area contributed by atoms with Gasteiger partial charge in [0.15, 0.2) is 0 Å². The predicted octanol–water partition coefficient (Wildman–Crippen LogP) is 3.66. The van der Waals surface area contributed by atoms with Gasteiger partial charge in [0.2, 0.25) is 0 Å². The summed E-state index contributed by atoms with van der Waals surface area (Å²) in [6.45, 7) is 4.82. The molecule has 1 aromatic carbocycles. The summed E-state index contributed by atoms with van der Waals surface area (Å²) in [7, 11) is 0. The van der Waals surface area contributed by atoms with Crippen LogP contribution in [0.2, 0.25) is 0 Å². The fourth-order valence-electron chi connectivity index (χ4n) is 3.32. The number of para-hydroxylation sites is 1. The molecule has 0 bridgehead atoms. The van der Waals surface area contributed by atoms with E-state index in [0.717, 1.165) is 31.1 Å².